The highest BCUT2D eigenvalue weighted by Gasteiger charge is 2.47. The fourth-order valence-corrected chi connectivity index (χ4v) is 5.43. The summed E-state index contributed by atoms with van der Waals surface area (Å²) in [5.41, 5.74) is 3.32. The first-order valence-corrected chi connectivity index (χ1v) is 10.9. The molecule has 5 heteroatoms. The maximum absolute atomic E-state index is 6.74. The third-order valence-electron chi connectivity index (χ3n) is 6.26. The van der Waals surface area contributed by atoms with Crippen molar-refractivity contribution in [3.8, 4) is 5.75 Å². The molecule has 2 aliphatic heterocycles. The summed E-state index contributed by atoms with van der Waals surface area (Å²) in [5.74, 6) is 0.780. The lowest BCUT2D eigenvalue weighted by molar-refractivity contribution is -0.0762. The molecule has 2 heterocycles. The molecule has 0 radical (unpaired) electrons. The lowest BCUT2D eigenvalue weighted by Gasteiger charge is -2.52. The summed E-state index contributed by atoms with van der Waals surface area (Å²) in [6.07, 6.45) is 6.76. The van der Waals surface area contributed by atoms with Gasteiger partial charge in [0.25, 0.3) is 0 Å². The van der Waals surface area contributed by atoms with Gasteiger partial charge < -0.3 is 9.64 Å². The Bertz CT molecular complexity index is 906. The van der Waals surface area contributed by atoms with Crippen molar-refractivity contribution in [3.05, 3.63) is 63.6 Å². The van der Waals surface area contributed by atoms with Crippen LogP contribution in [0.5, 0.6) is 5.75 Å². The van der Waals surface area contributed by atoms with E-state index in [9.17, 15) is 0 Å². The summed E-state index contributed by atoms with van der Waals surface area (Å²) in [4.78, 5) is 4.99. The summed E-state index contributed by atoms with van der Waals surface area (Å²) >= 11 is 12.7. The zero-order chi connectivity index (χ0) is 19.1. The van der Waals surface area contributed by atoms with Gasteiger partial charge in [-0.2, -0.15) is 0 Å². The number of halogens is 2. The number of nitrogens with zero attached hydrogens (tertiary/aromatic N) is 2. The highest BCUT2D eigenvalue weighted by atomic mass is 35.5. The van der Waals surface area contributed by atoms with Crippen molar-refractivity contribution in [2.24, 2.45) is 0 Å². The first kappa shape index (κ1) is 18.4. The molecule has 3 aliphatic rings. The van der Waals surface area contributed by atoms with Crippen LogP contribution in [0.15, 0.2) is 48.0 Å². The molecule has 3 nitrogen and oxygen atoms in total. The molecule has 146 valence electrons. The molecule has 0 amide bonds. The van der Waals surface area contributed by atoms with Gasteiger partial charge in [-0.15, -0.1) is 0 Å². The molecule has 0 spiro atoms. The summed E-state index contributed by atoms with van der Waals surface area (Å²) in [6, 6.07) is 14.4. The van der Waals surface area contributed by atoms with Crippen LogP contribution in [-0.2, 0) is 0 Å². The fraction of sp³-hybridized carbons (Fsp3) is 0.391. The maximum Gasteiger partial charge on any atom is 0.186 e. The predicted molar refractivity (Wildman–Crippen MR) is 116 cm³/mol. The van der Waals surface area contributed by atoms with Gasteiger partial charge in [0, 0.05) is 48.9 Å². The van der Waals surface area contributed by atoms with Crippen molar-refractivity contribution < 1.29 is 4.74 Å². The maximum atomic E-state index is 6.74. The Hall–Kier alpha value is -1.68. The van der Waals surface area contributed by atoms with E-state index in [1.807, 2.05) is 6.07 Å². The van der Waals surface area contributed by atoms with E-state index in [1.165, 1.54) is 24.1 Å². The number of rotatable bonds is 2. The molecule has 2 fully saturated rings. The van der Waals surface area contributed by atoms with Crippen LogP contribution in [0.4, 0.5) is 5.69 Å². The first-order valence-electron chi connectivity index (χ1n) is 10.1. The molecular weight excluding hydrogens is 391 g/mol. The van der Waals surface area contributed by atoms with Gasteiger partial charge in [0.15, 0.2) is 5.72 Å². The Labute approximate surface area is 176 Å². The van der Waals surface area contributed by atoms with Gasteiger partial charge in [-0.25, -0.2) is 0 Å². The second-order valence-electron chi connectivity index (χ2n) is 7.88. The number of piperazine rings is 1. The van der Waals surface area contributed by atoms with Gasteiger partial charge >= 0.3 is 0 Å². The smallest absolute Gasteiger partial charge is 0.186 e. The Morgan fingerprint density at radius 2 is 1.71 bits per heavy atom. The number of hydrogen-bond donors (Lipinski definition) is 0. The van der Waals surface area contributed by atoms with E-state index < -0.39 is 0 Å². The summed E-state index contributed by atoms with van der Waals surface area (Å²) < 4.78 is 6.74. The Balaban J connectivity index is 1.44. The van der Waals surface area contributed by atoms with Crippen LogP contribution in [0.3, 0.4) is 0 Å². The molecule has 0 bridgehead atoms. The summed E-state index contributed by atoms with van der Waals surface area (Å²) in [6.45, 7) is 3.97. The number of hydrogen-bond acceptors (Lipinski definition) is 3. The van der Waals surface area contributed by atoms with E-state index in [0.29, 0.717) is 10.0 Å². The van der Waals surface area contributed by atoms with E-state index in [1.54, 1.807) is 6.07 Å². The van der Waals surface area contributed by atoms with Crippen molar-refractivity contribution in [1.82, 2.24) is 4.90 Å². The molecular formula is C23H24Cl2N2O. The number of benzene rings is 2. The van der Waals surface area contributed by atoms with E-state index in [2.05, 4.69) is 46.2 Å². The monoisotopic (exact) mass is 414 g/mol. The normalized spacial score (nSPS) is 24.8. The minimum Gasteiger partial charge on any atom is -0.466 e. The van der Waals surface area contributed by atoms with Crippen LogP contribution in [-0.4, -0.2) is 36.8 Å². The largest absolute Gasteiger partial charge is 0.466 e. The number of para-hydroxylation sites is 1. The minimum atomic E-state index is -0.356. The van der Waals surface area contributed by atoms with Crippen molar-refractivity contribution in [3.63, 3.8) is 0 Å². The highest BCUT2D eigenvalue weighted by molar-refractivity contribution is 6.36. The summed E-state index contributed by atoms with van der Waals surface area (Å²) in [7, 11) is 0. The molecule has 0 N–H and O–H groups in total. The summed E-state index contributed by atoms with van der Waals surface area (Å²) in [5, 5.41) is 1.26. The second-order valence-corrected chi connectivity index (χ2v) is 8.72. The van der Waals surface area contributed by atoms with Crippen molar-refractivity contribution >= 4 is 35.0 Å². The van der Waals surface area contributed by atoms with E-state index in [-0.39, 0.29) is 5.72 Å². The van der Waals surface area contributed by atoms with Crippen LogP contribution in [0.25, 0.3) is 6.08 Å². The van der Waals surface area contributed by atoms with Gasteiger partial charge in [-0.1, -0.05) is 41.4 Å². The Kier molecular flexibility index (Phi) is 4.78. The first-order chi connectivity index (χ1) is 13.7. The van der Waals surface area contributed by atoms with Crippen molar-refractivity contribution in [1.29, 1.82) is 0 Å². The van der Waals surface area contributed by atoms with Gasteiger partial charge in [-0.05, 0) is 55.2 Å². The third-order valence-corrected chi connectivity index (χ3v) is 6.76. The fourth-order valence-electron chi connectivity index (χ4n) is 4.88. The lowest BCUT2D eigenvalue weighted by atomic mass is 9.82. The van der Waals surface area contributed by atoms with Gasteiger partial charge in [0.2, 0.25) is 0 Å². The number of anilines is 1. The molecule has 28 heavy (non-hydrogen) atoms. The van der Waals surface area contributed by atoms with Crippen LogP contribution in [0, 0.1) is 0 Å². The second kappa shape index (κ2) is 7.29. The van der Waals surface area contributed by atoms with E-state index in [0.717, 1.165) is 50.3 Å². The standard InChI is InChI=1S/C23H24Cl2N2O/c24-19-15-17-14-18-6-4-5-9-23(18,28-22(17)21(25)16-19)27-12-10-26(11-13-27)20-7-2-1-3-8-20/h1-3,7-8,14-16H,4-6,9-13H2. The highest BCUT2D eigenvalue weighted by Crippen LogP contribution is 2.48. The van der Waals surface area contributed by atoms with Gasteiger partial charge in [0.05, 0.1) is 5.02 Å². The van der Waals surface area contributed by atoms with Gasteiger partial charge in [-0.3, -0.25) is 4.90 Å². The SMILES string of the molecule is Clc1cc(Cl)c2c(c1)C=C1CCCCC1(N1CCN(c3ccccc3)CC1)O2. The zero-order valence-corrected chi connectivity index (χ0v) is 17.3. The van der Waals surface area contributed by atoms with Gasteiger partial charge in [0.1, 0.15) is 5.75 Å². The van der Waals surface area contributed by atoms with Crippen molar-refractivity contribution in [2.75, 3.05) is 31.1 Å². The molecule has 1 atom stereocenters. The molecule has 1 aliphatic carbocycles. The lowest BCUT2D eigenvalue weighted by Crippen LogP contribution is -2.62. The quantitative estimate of drug-likeness (QED) is 0.611. The topological polar surface area (TPSA) is 15.7 Å². The average Bonchev–Trinajstić information content (AvgIpc) is 2.73. The minimum absolute atomic E-state index is 0.356. The predicted octanol–water partition coefficient (Wildman–Crippen LogP) is 5.86. The van der Waals surface area contributed by atoms with E-state index in [4.69, 9.17) is 27.9 Å². The third kappa shape index (κ3) is 3.10. The Morgan fingerprint density at radius 1 is 0.929 bits per heavy atom. The Morgan fingerprint density at radius 3 is 2.50 bits per heavy atom. The zero-order valence-electron chi connectivity index (χ0n) is 15.8. The number of fused-ring (bicyclic) bond motifs is 2. The molecule has 1 saturated carbocycles. The molecule has 0 aromatic heterocycles. The molecule has 2 aromatic rings. The van der Waals surface area contributed by atoms with E-state index >= 15 is 0 Å². The van der Waals surface area contributed by atoms with Crippen LogP contribution in [0.2, 0.25) is 10.0 Å². The molecule has 1 saturated heterocycles. The van der Waals surface area contributed by atoms with Crippen molar-refractivity contribution in [2.45, 2.75) is 31.4 Å². The van der Waals surface area contributed by atoms with Crippen LogP contribution in [0.1, 0.15) is 31.2 Å². The number of ether oxygens (including phenoxy) is 1. The van der Waals surface area contributed by atoms with Crippen LogP contribution >= 0.6 is 23.2 Å². The molecule has 2 aromatic carbocycles. The molecule has 5 rings (SSSR count). The average molecular weight is 415 g/mol. The molecule has 1 unspecified atom stereocenters. The van der Waals surface area contributed by atoms with Crippen LogP contribution < -0.4 is 9.64 Å².